The molecule has 1 aliphatic carbocycles. The number of carbonyl (C=O) groups is 1. The molecule has 1 aliphatic rings. The Morgan fingerprint density at radius 3 is 2.00 bits per heavy atom. The number of hydrogen-bond acceptors (Lipinski definition) is 1. The van der Waals surface area contributed by atoms with Crippen molar-refractivity contribution in [2.45, 2.75) is 13.8 Å². The zero-order chi connectivity index (χ0) is 7.72. The van der Waals surface area contributed by atoms with Gasteiger partial charge in [0, 0.05) is 0 Å². The fourth-order valence-electron chi connectivity index (χ4n) is 1.04. The highest BCUT2D eigenvalue weighted by Crippen LogP contribution is 2.15. The van der Waals surface area contributed by atoms with E-state index in [0.29, 0.717) is 0 Å². The predicted octanol–water partition coefficient (Wildman–Crippen LogP) is 2.02. The summed E-state index contributed by atoms with van der Waals surface area (Å²) < 4.78 is 0. The molecule has 52 valence electrons. The molecular weight excluding hydrogens is 124 g/mol. The van der Waals surface area contributed by atoms with Gasteiger partial charge in [0.25, 0.3) is 0 Å². The Morgan fingerprint density at radius 2 is 1.60 bits per heavy atom. The van der Waals surface area contributed by atoms with Crippen molar-refractivity contribution in [2.24, 2.45) is 0 Å². The average Bonchev–Trinajstić information content (AvgIpc) is 1.82. The summed E-state index contributed by atoms with van der Waals surface area (Å²) in [5.74, 6) is 0.132. The second-order valence-electron chi connectivity index (χ2n) is 2.56. The van der Waals surface area contributed by atoms with Crippen molar-refractivity contribution < 1.29 is 4.79 Å². The monoisotopic (exact) mass is 134 g/mol. The van der Waals surface area contributed by atoms with E-state index < -0.39 is 0 Å². The Morgan fingerprint density at radius 1 is 1.20 bits per heavy atom. The molecule has 0 aliphatic heterocycles. The molecular formula is C9H10O. The molecule has 0 atom stereocenters. The van der Waals surface area contributed by atoms with Crippen LogP contribution in [-0.2, 0) is 4.79 Å². The van der Waals surface area contributed by atoms with Gasteiger partial charge < -0.3 is 0 Å². The fraction of sp³-hybridized carbons (Fsp3) is 0.222. The molecule has 0 heterocycles. The molecule has 0 saturated carbocycles. The maximum atomic E-state index is 11.1. The van der Waals surface area contributed by atoms with E-state index in [1.54, 1.807) is 12.2 Å². The standard InChI is InChI=1S/C9H10O/c1-6-4-7(2)9(10)8(3)5-6/h4-5H,1H2,2-3H3. The lowest BCUT2D eigenvalue weighted by atomic mass is 9.97. The quantitative estimate of drug-likeness (QED) is 0.495. The molecule has 0 spiro atoms. The molecule has 0 bridgehead atoms. The molecule has 1 rings (SSSR count). The third-order valence-corrected chi connectivity index (χ3v) is 1.52. The van der Waals surface area contributed by atoms with Gasteiger partial charge in [0.15, 0.2) is 5.78 Å². The van der Waals surface area contributed by atoms with Gasteiger partial charge in [0.2, 0.25) is 0 Å². The van der Waals surface area contributed by atoms with Crippen LogP contribution in [0.5, 0.6) is 0 Å². The summed E-state index contributed by atoms with van der Waals surface area (Å²) in [5.41, 5.74) is 2.48. The largest absolute Gasteiger partial charge is 0.289 e. The van der Waals surface area contributed by atoms with Crippen molar-refractivity contribution in [1.29, 1.82) is 0 Å². The summed E-state index contributed by atoms with van der Waals surface area (Å²) in [6, 6.07) is 0. The Bertz CT molecular complexity index is 230. The minimum atomic E-state index is 0.132. The van der Waals surface area contributed by atoms with Crippen LogP contribution in [0.2, 0.25) is 0 Å². The van der Waals surface area contributed by atoms with Crippen LogP contribution in [-0.4, -0.2) is 5.78 Å². The van der Waals surface area contributed by atoms with Gasteiger partial charge in [-0.3, -0.25) is 4.79 Å². The van der Waals surface area contributed by atoms with E-state index in [1.165, 1.54) is 0 Å². The molecule has 0 radical (unpaired) electrons. The minimum absolute atomic E-state index is 0.132. The van der Waals surface area contributed by atoms with Crippen molar-refractivity contribution in [3.8, 4) is 0 Å². The lowest BCUT2D eigenvalue weighted by molar-refractivity contribution is -0.112. The molecule has 10 heavy (non-hydrogen) atoms. The van der Waals surface area contributed by atoms with E-state index in [-0.39, 0.29) is 5.78 Å². The first kappa shape index (κ1) is 7.00. The smallest absolute Gasteiger partial charge is 0.184 e. The van der Waals surface area contributed by atoms with Crippen molar-refractivity contribution in [3.63, 3.8) is 0 Å². The number of hydrogen-bond donors (Lipinski definition) is 0. The lowest BCUT2D eigenvalue weighted by Crippen LogP contribution is -2.05. The summed E-state index contributed by atoms with van der Waals surface area (Å²) in [6.07, 6.45) is 3.60. The molecule has 0 fully saturated rings. The molecule has 0 aromatic carbocycles. The highest BCUT2D eigenvalue weighted by molar-refractivity contribution is 6.09. The van der Waals surface area contributed by atoms with Crippen molar-refractivity contribution >= 4 is 5.78 Å². The van der Waals surface area contributed by atoms with Gasteiger partial charge in [-0.25, -0.2) is 0 Å². The molecule has 1 nitrogen and oxygen atoms in total. The van der Waals surface area contributed by atoms with Crippen LogP contribution >= 0.6 is 0 Å². The third-order valence-electron chi connectivity index (χ3n) is 1.52. The van der Waals surface area contributed by atoms with Crippen LogP contribution in [0.4, 0.5) is 0 Å². The molecule has 0 N–H and O–H groups in total. The van der Waals surface area contributed by atoms with E-state index in [0.717, 1.165) is 16.7 Å². The van der Waals surface area contributed by atoms with Crippen molar-refractivity contribution in [2.75, 3.05) is 0 Å². The second kappa shape index (κ2) is 2.25. The van der Waals surface area contributed by atoms with E-state index in [9.17, 15) is 4.79 Å². The zero-order valence-electron chi connectivity index (χ0n) is 6.27. The number of allylic oxidation sites excluding steroid dienone is 5. The van der Waals surface area contributed by atoms with Gasteiger partial charge in [-0.2, -0.15) is 0 Å². The van der Waals surface area contributed by atoms with Gasteiger partial charge in [-0.05, 0) is 42.7 Å². The first-order valence-electron chi connectivity index (χ1n) is 3.21. The molecule has 0 unspecified atom stereocenters. The van der Waals surface area contributed by atoms with Gasteiger partial charge in [0.05, 0.1) is 0 Å². The van der Waals surface area contributed by atoms with Crippen molar-refractivity contribution in [3.05, 3.63) is 35.5 Å². The van der Waals surface area contributed by atoms with Crippen LogP contribution < -0.4 is 0 Å². The number of Topliss-reactive ketones (excluding diaryl/α,β-unsaturated/α-hetero) is 1. The molecule has 1 heteroatoms. The number of ketones is 1. The van der Waals surface area contributed by atoms with Crippen LogP contribution in [0, 0.1) is 0 Å². The van der Waals surface area contributed by atoms with E-state index in [2.05, 4.69) is 6.58 Å². The number of rotatable bonds is 0. The van der Waals surface area contributed by atoms with Gasteiger partial charge in [-0.1, -0.05) is 6.58 Å². The predicted molar refractivity (Wildman–Crippen MR) is 41.7 cm³/mol. The zero-order valence-corrected chi connectivity index (χ0v) is 6.27. The summed E-state index contributed by atoms with van der Waals surface area (Å²) in [6.45, 7) is 7.36. The minimum Gasteiger partial charge on any atom is -0.289 e. The van der Waals surface area contributed by atoms with Crippen molar-refractivity contribution in [1.82, 2.24) is 0 Å². The Kier molecular flexibility index (Phi) is 1.58. The maximum Gasteiger partial charge on any atom is 0.184 e. The third kappa shape index (κ3) is 1.08. The Balaban J connectivity index is 3.05. The summed E-state index contributed by atoms with van der Waals surface area (Å²) in [4.78, 5) is 11.1. The lowest BCUT2D eigenvalue weighted by Gasteiger charge is -2.07. The Hall–Kier alpha value is -1.11. The summed E-state index contributed by atoms with van der Waals surface area (Å²) in [7, 11) is 0. The summed E-state index contributed by atoms with van der Waals surface area (Å²) >= 11 is 0. The van der Waals surface area contributed by atoms with Gasteiger partial charge >= 0.3 is 0 Å². The second-order valence-corrected chi connectivity index (χ2v) is 2.56. The Labute approximate surface area is 60.7 Å². The SMILES string of the molecule is C=C1C=C(C)C(=O)C(C)=C1. The first-order valence-corrected chi connectivity index (χ1v) is 3.21. The normalized spacial score (nSPS) is 18.6. The molecule has 0 aromatic rings. The molecule has 0 aromatic heterocycles. The first-order chi connectivity index (χ1) is 4.61. The van der Waals surface area contributed by atoms with Gasteiger partial charge in [0.1, 0.15) is 0 Å². The molecule has 0 amide bonds. The highest BCUT2D eigenvalue weighted by atomic mass is 16.1. The number of carbonyl (C=O) groups excluding carboxylic acids is 1. The molecule has 0 saturated heterocycles. The van der Waals surface area contributed by atoms with E-state index in [1.807, 2.05) is 13.8 Å². The van der Waals surface area contributed by atoms with E-state index in [4.69, 9.17) is 0 Å². The van der Waals surface area contributed by atoms with Crippen LogP contribution in [0.1, 0.15) is 13.8 Å². The maximum absolute atomic E-state index is 11.1. The van der Waals surface area contributed by atoms with Crippen LogP contribution in [0.25, 0.3) is 0 Å². The van der Waals surface area contributed by atoms with Crippen LogP contribution in [0.3, 0.4) is 0 Å². The summed E-state index contributed by atoms with van der Waals surface area (Å²) in [5, 5.41) is 0. The van der Waals surface area contributed by atoms with Gasteiger partial charge in [-0.15, -0.1) is 0 Å². The topological polar surface area (TPSA) is 17.1 Å². The average molecular weight is 134 g/mol. The van der Waals surface area contributed by atoms with E-state index >= 15 is 0 Å². The highest BCUT2D eigenvalue weighted by Gasteiger charge is 2.10. The van der Waals surface area contributed by atoms with Crippen LogP contribution in [0.15, 0.2) is 35.5 Å². The fourth-order valence-corrected chi connectivity index (χ4v) is 1.04.